The molecule has 7 nitrogen and oxygen atoms in total. The number of nitrogens with one attached hydrogen (secondary N) is 3. The van der Waals surface area contributed by atoms with Gasteiger partial charge in [-0.2, -0.15) is 0 Å². The maximum atomic E-state index is 12.1. The number of amides is 3. The molecule has 2 rings (SSSR count). The van der Waals surface area contributed by atoms with Crippen molar-refractivity contribution in [1.82, 2.24) is 10.6 Å². The second-order valence-electron chi connectivity index (χ2n) is 7.19. The predicted molar refractivity (Wildman–Crippen MR) is 103 cm³/mol. The summed E-state index contributed by atoms with van der Waals surface area (Å²) in [5.41, 5.74) is 2.40. The second-order valence-corrected chi connectivity index (χ2v) is 7.19. The van der Waals surface area contributed by atoms with Crippen LogP contribution in [-0.2, 0) is 17.8 Å². The molecule has 1 aromatic carbocycles. The Morgan fingerprint density at radius 2 is 1.74 bits per heavy atom. The molecule has 0 aromatic heterocycles. The van der Waals surface area contributed by atoms with E-state index in [9.17, 15) is 9.59 Å². The summed E-state index contributed by atoms with van der Waals surface area (Å²) in [4.78, 5) is 25.0. The SMILES string of the molecule is CCOc1cc2c(cc1OCC)C[NH+](CC(=O)NC(=O)NCC(C)C)CC2. The summed E-state index contributed by atoms with van der Waals surface area (Å²) in [6.45, 7) is 11.5. The van der Waals surface area contributed by atoms with Crippen LogP contribution in [0, 0.1) is 5.92 Å². The van der Waals surface area contributed by atoms with E-state index < -0.39 is 6.03 Å². The lowest BCUT2D eigenvalue weighted by Crippen LogP contribution is -3.13. The van der Waals surface area contributed by atoms with Crippen molar-refractivity contribution in [1.29, 1.82) is 0 Å². The van der Waals surface area contributed by atoms with Gasteiger partial charge in [-0.15, -0.1) is 0 Å². The van der Waals surface area contributed by atoms with Crippen LogP contribution in [0.2, 0.25) is 0 Å². The molecular weight excluding hydrogens is 346 g/mol. The maximum absolute atomic E-state index is 12.1. The lowest BCUT2D eigenvalue weighted by Gasteiger charge is -2.26. The van der Waals surface area contributed by atoms with Gasteiger partial charge in [-0.25, -0.2) is 4.79 Å². The highest BCUT2D eigenvalue weighted by Gasteiger charge is 2.24. The van der Waals surface area contributed by atoms with E-state index >= 15 is 0 Å². The normalized spacial score (nSPS) is 15.8. The Hall–Kier alpha value is -2.28. The Morgan fingerprint density at radius 3 is 2.33 bits per heavy atom. The number of quaternary nitrogens is 1. The third-order valence-electron chi connectivity index (χ3n) is 4.39. The molecule has 1 heterocycles. The Kier molecular flexibility index (Phi) is 7.91. The highest BCUT2D eigenvalue weighted by atomic mass is 16.5. The predicted octanol–water partition coefficient (Wildman–Crippen LogP) is 0.907. The van der Waals surface area contributed by atoms with Crippen molar-refractivity contribution >= 4 is 11.9 Å². The number of carbonyl (C=O) groups excluding carboxylic acids is 2. The molecule has 1 aliphatic heterocycles. The van der Waals surface area contributed by atoms with Gasteiger partial charge in [-0.05, 0) is 37.5 Å². The van der Waals surface area contributed by atoms with Crippen LogP contribution in [0.15, 0.2) is 12.1 Å². The molecular formula is C20H32N3O4+. The van der Waals surface area contributed by atoms with Crippen molar-refractivity contribution in [3.8, 4) is 11.5 Å². The highest BCUT2D eigenvalue weighted by molar-refractivity contribution is 5.94. The number of hydrogen-bond acceptors (Lipinski definition) is 4. The standard InChI is InChI=1S/C20H31N3O4/c1-5-26-17-9-15-7-8-23(12-16(15)10-18(17)27-6-2)13-19(24)22-20(25)21-11-14(3)4/h9-10,14H,5-8,11-13H2,1-4H3,(H2,21,22,24,25)/p+1. The fraction of sp³-hybridized carbons (Fsp3) is 0.600. The zero-order chi connectivity index (χ0) is 19.8. The number of fused-ring (bicyclic) bond motifs is 1. The van der Waals surface area contributed by atoms with Gasteiger partial charge in [0.15, 0.2) is 18.0 Å². The Labute approximate surface area is 161 Å². The first-order valence-corrected chi connectivity index (χ1v) is 9.75. The summed E-state index contributed by atoms with van der Waals surface area (Å²) in [6, 6.07) is 3.65. The Morgan fingerprint density at radius 1 is 1.11 bits per heavy atom. The molecule has 1 aliphatic rings. The molecule has 0 spiro atoms. The molecule has 0 bridgehead atoms. The quantitative estimate of drug-likeness (QED) is 0.628. The third kappa shape index (κ3) is 6.43. The molecule has 3 N–H and O–H groups in total. The van der Waals surface area contributed by atoms with E-state index in [0.717, 1.165) is 35.9 Å². The molecule has 0 saturated carbocycles. The third-order valence-corrected chi connectivity index (χ3v) is 4.39. The zero-order valence-electron chi connectivity index (χ0n) is 16.8. The van der Waals surface area contributed by atoms with Gasteiger partial charge < -0.3 is 19.7 Å². The van der Waals surface area contributed by atoms with Crippen LogP contribution < -0.4 is 25.0 Å². The van der Waals surface area contributed by atoms with Crippen LogP contribution in [0.1, 0.15) is 38.8 Å². The topological polar surface area (TPSA) is 81.1 Å². The van der Waals surface area contributed by atoms with Gasteiger partial charge in [0.05, 0.1) is 19.8 Å². The van der Waals surface area contributed by atoms with Gasteiger partial charge in [-0.3, -0.25) is 10.1 Å². The minimum Gasteiger partial charge on any atom is -0.490 e. The monoisotopic (exact) mass is 378 g/mol. The van der Waals surface area contributed by atoms with Crippen molar-refractivity contribution in [2.75, 3.05) is 32.8 Å². The van der Waals surface area contributed by atoms with Crippen molar-refractivity contribution in [2.45, 2.75) is 40.7 Å². The molecule has 150 valence electrons. The number of imide groups is 1. The van der Waals surface area contributed by atoms with E-state index in [0.29, 0.717) is 25.7 Å². The van der Waals surface area contributed by atoms with Crippen molar-refractivity contribution in [3.05, 3.63) is 23.3 Å². The van der Waals surface area contributed by atoms with Gasteiger partial charge in [0, 0.05) is 18.5 Å². The number of rotatable bonds is 8. The van der Waals surface area contributed by atoms with E-state index in [-0.39, 0.29) is 12.5 Å². The first-order chi connectivity index (χ1) is 12.9. The summed E-state index contributed by atoms with van der Waals surface area (Å²) in [5, 5.41) is 5.10. The van der Waals surface area contributed by atoms with E-state index in [1.165, 1.54) is 11.1 Å². The molecule has 0 fully saturated rings. The smallest absolute Gasteiger partial charge is 0.321 e. The Bertz CT molecular complexity index is 661. The van der Waals surface area contributed by atoms with E-state index in [1.807, 2.05) is 33.8 Å². The summed E-state index contributed by atoms with van der Waals surface area (Å²) >= 11 is 0. The van der Waals surface area contributed by atoms with Gasteiger partial charge >= 0.3 is 6.03 Å². The maximum Gasteiger partial charge on any atom is 0.321 e. The first-order valence-electron chi connectivity index (χ1n) is 9.75. The van der Waals surface area contributed by atoms with Gasteiger partial charge in [0.2, 0.25) is 0 Å². The molecule has 3 amide bonds. The highest BCUT2D eigenvalue weighted by Crippen LogP contribution is 2.32. The van der Waals surface area contributed by atoms with Crippen LogP contribution in [-0.4, -0.2) is 44.8 Å². The van der Waals surface area contributed by atoms with E-state index in [1.54, 1.807) is 0 Å². The van der Waals surface area contributed by atoms with Crippen LogP contribution in [0.4, 0.5) is 4.79 Å². The number of ether oxygens (including phenoxy) is 2. The van der Waals surface area contributed by atoms with Crippen molar-refractivity contribution in [3.63, 3.8) is 0 Å². The molecule has 0 radical (unpaired) electrons. The number of hydrogen-bond donors (Lipinski definition) is 3. The molecule has 0 saturated heterocycles. The van der Waals surface area contributed by atoms with E-state index in [2.05, 4.69) is 16.7 Å². The fourth-order valence-electron chi connectivity index (χ4n) is 3.14. The van der Waals surface area contributed by atoms with Crippen LogP contribution in [0.3, 0.4) is 0 Å². The largest absolute Gasteiger partial charge is 0.490 e. The molecule has 1 aromatic rings. The fourth-order valence-corrected chi connectivity index (χ4v) is 3.14. The van der Waals surface area contributed by atoms with Crippen molar-refractivity contribution < 1.29 is 24.0 Å². The van der Waals surface area contributed by atoms with Crippen molar-refractivity contribution in [2.24, 2.45) is 5.92 Å². The summed E-state index contributed by atoms with van der Waals surface area (Å²) < 4.78 is 11.4. The summed E-state index contributed by atoms with van der Waals surface area (Å²) in [6.07, 6.45) is 0.865. The number of benzene rings is 1. The molecule has 7 heteroatoms. The van der Waals surface area contributed by atoms with Gasteiger partial charge in [0.1, 0.15) is 6.54 Å². The van der Waals surface area contributed by atoms with Crippen LogP contribution >= 0.6 is 0 Å². The summed E-state index contributed by atoms with van der Waals surface area (Å²) in [5.74, 6) is 1.61. The van der Waals surface area contributed by atoms with Crippen LogP contribution in [0.5, 0.6) is 11.5 Å². The molecule has 1 atom stereocenters. The molecule has 1 unspecified atom stereocenters. The molecule has 0 aliphatic carbocycles. The molecule has 27 heavy (non-hydrogen) atoms. The lowest BCUT2D eigenvalue weighted by molar-refractivity contribution is -0.908. The van der Waals surface area contributed by atoms with Crippen LogP contribution in [0.25, 0.3) is 0 Å². The lowest BCUT2D eigenvalue weighted by atomic mass is 9.99. The average molecular weight is 378 g/mol. The van der Waals surface area contributed by atoms with Gasteiger partial charge in [-0.1, -0.05) is 13.8 Å². The second kappa shape index (κ2) is 10.2. The first kappa shape index (κ1) is 21.0. The average Bonchev–Trinajstić information content (AvgIpc) is 2.61. The van der Waals surface area contributed by atoms with Gasteiger partial charge in [0.25, 0.3) is 5.91 Å². The minimum atomic E-state index is -0.425. The Balaban J connectivity index is 1.95. The number of urea groups is 1. The summed E-state index contributed by atoms with van der Waals surface area (Å²) in [7, 11) is 0. The minimum absolute atomic E-state index is 0.259. The van der Waals surface area contributed by atoms with E-state index in [4.69, 9.17) is 9.47 Å². The number of carbonyl (C=O) groups is 2. The zero-order valence-corrected chi connectivity index (χ0v) is 16.8.